The Morgan fingerprint density at radius 3 is 2.79 bits per heavy atom. The molecule has 1 rings (SSSR count). The molecule has 6 nitrogen and oxygen atoms in total. The van der Waals surface area contributed by atoms with Crippen LogP contribution in [-0.2, 0) is 4.74 Å². The summed E-state index contributed by atoms with van der Waals surface area (Å²) in [5.41, 5.74) is -0.439. The van der Waals surface area contributed by atoms with E-state index in [1.165, 1.54) is 0 Å². The summed E-state index contributed by atoms with van der Waals surface area (Å²) in [5.74, 6) is 1.30. The topological polar surface area (TPSA) is 66.0 Å². The number of piperidine rings is 1. The van der Waals surface area contributed by atoms with Gasteiger partial charge in [-0.05, 0) is 52.9 Å². The SMILES string of the molecule is C=CCNC(=NCCC1CCCN(C(=O)OC(C)(C)C)C1)NCC. The smallest absolute Gasteiger partial charge is 0.410 e. The number of nitrogens with zero attached hydrogens (tertiary/aromatic N) is 2. The summed E-state index contributed by atoms with van der Waals surface area (Å²) in [6, 6.07) is 0. The van der Waals surface area contributed by atoms with Crippen molar-refractivity contribution in [1.29, 1.82) is 0 Å². The van der Waals surface area contributed by atoms with Crippen LogP contribution in [0.3, 0.4) is 0 Å². The molecule has 138 valence electrons. The highest BCUT2D eigenvalue weighted by molar-refractivity contribution is 5.79. The normalized spacial score (nSPS) is 18.9. The Bertz CT molecular complexity index is 429. The lowest BCUT2D eigenvalue weighted by Crippen LogP contribution is -2.43. The average molecular weight is 338 g/mol. The van der Waals surface area contributed by atoms with Gasteiger partial charge in [-0.2, -0.15) is 0 Å². The van der Waals surface area contributed by atoms with E-state index in [-0.39, 0.29) is 6.09 Å². The monoisotopic (exact) mass is 338 g/mol. The Hall–Kier alpha value is -1.72. The largest absolute Gasteiger partial charge is 0.444 e. The lowest BCUT2D eigenvalue weighted by atomic mass is 9.95. The molecule has 0 aromatic rings. The number of hydrogen-bond acceptors (Lipinski definition) is 3. The molecule has 0 radical (unpaired) electrons. The molecule has 1 fully saturated rings. The van der Waals surface area contributed by atoms with E-state index in [1.54, 1.807) is 0 Å². The van der Waals surface area contributed by atoms with Gasteiger partial charge in [-0.3, -0.25) is 4.99 Å². The molecule has 1 heterocycles. The van der Waals surface area contributed by atoms with Crippen LogP contribution in [0.5, 0.6) is 0 Å². The molecule has 1 aliphatic rings. The molecule has 0 bridgehead atoms. The standard InChI is InChI=1S/C18H34N4O2/c1-6-11-20-16(19-7-2)21-12-10-15-9-8-13-22(14-15)17(23)24-18(3,4)5/h6,15H,1,7-14H2,2-5H3,(H2,19,20,21). The van der Waals surface area contributed by atoms with Crippen LogP contribution in [0, 0.1) is 5.92 Å². The second-order valence-electron chi connectivity index (χ2n) is 7.15. The summed E-state index contributed by atoms with van der Waals surface area (Å²) in [5, 5.41) is 6.41. The molecule has 24 heavy (non-hydrogen) atoms. The zero-order chi connectivity index (χ0) is 18.0. The number of rotatable bonds is 6. The molecule has 1 saturated heterocycles. The molecule has 0 aliphatic carbocycles. The van der Waals surface area contributed by atoms with Gasteiger partial charge in [0.15, 0.2) is 5.96 Å². The molecule has 0 aromatic heterocycles. The third-order valence-corrected chi connectivity index (χ3v) is 3.74. The molecule has 1 aliphatic heterocycles. The maximum Gasteiger partial charge on any atom is 0.410 e. The predicted octanol–water partition coefficient (Wildman–Crippen LogP) is 2.76. The Morgan fingerprint density at radius 1 is 1.42 bits per heavy atom. The van der Waals surface area contributed by atoms with Gasteiger partial charge in [0.05, 0.1) is 0 Å². The molecule has 0 aromatic carbocycles. The molecule has 1 unspecified atom stereocenters. The summed E-state index contributed by atoms with van der Waals surface area (Å²) < 4.78 is 5.47. The third kappa shape index (κ3) is 8.22. The first-order chi connectivity index (χ1) is 11.4. The Labute approximate surface area is 146 Å². The van der Waals surface area contributed by atoms with Crippen LogP contribution in [-0.4, -0.2) is 55.3 Å². The number of ether oxygens (including phenoxy) is 1. The number of likely N-dealkylation sites (tertiary alicyclic amines) is 1. The van der Waals surface area contributed by atoms with Crippen molar-refractivity contribution in [1.82, 2.24) is 15.5 Å². The van der Waals surface area contributed by atoms with Gasteiger partial charge in [-0.15, -0.1) is 6.58 Å². The maximum atomic E-state index is 12.2. The van der Waals surface area contributed by atoms with E-state index in [9.17, 15) is 4.79 Å². The second-order valence-corrected chi connectivity index (χ2v) is 7.15. The zero-order valence-corrected chi connectivity index (χ0v) is 15.7. The van der Waals surface area contributed by atoms with Crippen molar-refractivity contribution in [3.8, 4) is 0 Å². The van der Waals surface area contributed by atoms with Gasteiger partial charge in [0, 0.05) is 32.7 Å². The van der Waals surface area contributed by atoms with Crippen molar-refractivity contribution in [3.05, 3.63) is 12.7 Å². The van der Waals surface area contributed by atoms with E-state index in [0.717, 1.165) is 51.4 Å². The van der Waals surface area contributed by atoms with Crippen LogP contribution >= 0.6 is 0 Å². The Balaban J connectivity index is 2.44. The zero-order valence-electron chi connectivity index (χ0n) is 15.7. The van der Waals surface area contributed by atoms with Crippen molar-refractivity contribution >= 4 is 12.1 Å². The number of hydrogen-bond donors (Lipinski definition) is 2. The lowest BCUT2D eigenvalue weighted by molar-refractivity contribution is 0.0163. The molecular formula is C18H34N4O2. The van der Waals surface area contributed by atoms with Crippen LogP contribution < -0.4 is 10.6 Å². The van der Waals surface area contributed by atoms with Gasteiger partial charge in [0.2, 0.25) is 0 Å². The van der Waals surface area contributed by atoms with Gasteiger partial charge in [-0.25, -0.2) is 4.79 Å². The van der Waals surface area contributed by atoms with E-state index in [2.05, 4.69) is 22.2 Å². The minimum Gasteiger partial charge on any atom is -0.444 e. The minimum absolute atomic E-state index is 0.198. The lowest BCUT2D eigenvalue weighted by Gasteiger charge is -2.34. The average Bonchev–Trinajstić information content (AvgIpc) is 2.51. The van der Waals surface area contributed by atoms with Crippen molar-refractivity contribution in [2.45, 2.75) is 52.6 Å². The predicted molar refractivity (Wildman–Crippen MR) is 99.3 cm³/mol. The highest BCUT2D eigenvalue weighted by Gasteiger charge is 2.27. The fourth-order valence-corrected chi connectivity index (χ4v) is 2.66. The first kappa shape index (κ1) is 20.3. The van der Waals surface area contributed by atoms with Crippen LogP contribution in [0.15, 0.2) is 17.6 Å². The summed E-state index contributed by atoms with van der Waals surface area (Å²) in [6.07, 6.45) is 4.77. The second kappa shape index (κ2) is 10.2. The number of carbonyl (C=O) groups is 1. The van der Waals surface area contributed by atoms with Gasteiger partial charge in [0.25, 0.3) is 0 Å². The quantitative estimate of drug-likeness (QED) is 0.444. The van der Waals surface area contributed by atoms with Gasteiger partial charge in [-0.1, -0.05) is 6.08 Å². The Kier molecular flexibility index (Phi) is 8.65. The van der Waals surface area contributed by atoms with E-state index >= 15 is 0 Å². The minimum atomic E-state index is -0.439. The summed E-state index contributed by atoms with van der Waals surface area (Å²) in [4.78, 5) is 18.6. The molecule has 2 N–H and O–H groups in total. The first-order valence-electron chi connectivity index (χ1n) is 8.96. The molecule has 1 amide bonds. The van der Waals surface area contributed by atoms with Crippen LogP contribution in [0.4, 0.5) is 4.79 Å². The number of carbonyl (C=O) groups excluding carboxylic acids is 1. The van der Waals surface area contributed by atoms with Crippen LogP contribution in [0.2, 0.25) is 0 Å². The first-order valence-corrected chi connectivity index (χ1v) is 8.96. The summed E-state index contributed by atoms with van der Waals surface area (Å²) in [6.45, 7) is 15.3. The van der Waals surface area contributed by atoms with Crippen molar-refractivity contribution < 1.29 is 9.53 Å². The van der Waals surface area contributed by atoms with Gasteiger partial charge >= 0.3 is 6.09 Å². The van der Waals surface area contributed by atoms with Crippen molar-refractivity contribution in [2.24, 2.45) is 10.9 Å². The van der Waals surface area contributed by atoms with Crippen molar-refractivity contribution in [2.75, 3.05) is 32.7 Å². The highest BCUT2D eigenvalue weighted by Crippen LogP contribution is 2.21. The number of amides is 1. The van der Waals surface area contributed by atoms with Crippen molar-refractivity contribution in [3.63, 3.8) is 0 Å². The molecule has 6 heteroatoms. The summed E-state index contributed by atoms with van der Waals surface area (Å²) in [7, 11) is 0. The number of guanidine groups is 1. The molecule has 1 atom stereocenters. The molecule has 0 saturated carbocycles. The molecule has 0 spiro atoms. The third-order valence-electron chi connectivity index (χ3n) is 3.74. The van der Waals surface area contributed by atoms with Crippen LogP contribution in [0.1, 0.15) is 47.0 Å². The fraction of sp³-hybridized carbons (Fsp3) is 0.778. The van der Waals surface area contributed by atoms with Gasteiger partial charge in [0.1, 0.15) is 5.60 Å². The van der Waals surface area contributed by atoms with E-state index in [1.807, 2.05) is 38.7 Å². The maximum absolute atomic E-state index is 12.2. The highest BCUT2D eigenvalue weighted by atomic mass is 16.6. The number of nitrogens with one attached hydrogen (secondary N) is 2. The van der Waals surface area contributed by atoms with Crippen LogP contribution in [0.25, 0.3) is 0 Å². The Morgan fingerprint density at radius 2 is 2.17 bits per heavy atom. The molecular weight excluding hydrogens is 304 g/mol. The van der Waals surface area contributed by atoms with E-state index < -0.39 is 5.60 Å². The fourth-order valence-electron chi connectivity index (χ4n) is 2.66. The number of aliphatic imine (C=N–C) groups is 1. The summed E-state index contributed by atoms with van der Waals surface area (Å²) >= 11 is 0. The van der Waals surface area contributed by atoms with E-state index in [4.69, 9.17) is 4.74 Å². The van der Waals surface area contributed by atoms with E-state index in [0.29, 0.717) is 12.5 Å². The van der Waals surface area contributed by atoms with Gasteiger partial charge < -0.3 is 20.3 Å².